The fourth-order valence-corrected chi connectivity index (χ4v) is 2.00. The first-order valence-electron chi connectivity index (χ1n) is 6.13. The Hall–Kier alpha value is -2.31. The average Bonchev–Trinajstić information content (AvgIpc) is 2.45. The van der Waals surface area contributed by atoms with Gasteiger partial charge in [-0.3, -0.25) is 0 Å². The number of hydrogen-bond donors (Lipinski definition) is 0. The van der Waals surface area contributed by atoms with Gasteiger partial charge in [-0.1, -0.05) is 24.3 Å². The van der Waals surface area contributed by atoms with Crippen LogP contribution in [0.4, 0.5) is 22.0 Å². The maximum Gasteiger partial charge on any atom is 0.573 e. The van der Waals surface area contributed by atoms with Gasteiger partial charge in [0.25, 0.3) is 6.43 Å². The third-order valence-corrected chi connectivity index (χ3v) is 2.90. The number of alkyl halides is 5. The summed E-state index contributed by atoms with van der Waals surface area (Å²) in [5.41, 5.74) is -0.550. The van der Waals surface area contributed by atoms with Gasteiger partial charge in [0.15, 0.2) is 0 Å². The van der Waals surface area contributed by atoms with Crippen molar-refractivity contribution in [3.8, 4) is 22.6 Å². The van der Waals surface area contributed by atoms with Crippen LogP contribution in [-0.4, -0.2) is 13.5 Å². The molecule has 22 heavy (non-hydrogen) atoms. The lowest BCUT2D eigenvalue weighted by Crippen LogP contribution is -2.17. The van der Waals surface area contributed by atoms with E-state index in [1.165, 1.54) is 37.4 Å². The average molecular weight is 318 g/mol. The van der Waals surface area contributed by atoms with E-state index in [4.69, 9.17) is 4.74 Å². The summed E-state index contributed by atoms with van der Waals surface area (Å²) < 4.78 is 72.4. The van der Waals surface area contributed by atoms with E-state index in [0.29, 0.717) is 0 Å². The van der Waals surface area contributed by atoms with Crippen molar-refractivity contribution in [3.63, 3.8) is 0 Å². The van der Waals surface area contributed by atoms with Crippen LogP contribution in [-0.2, 0) is 0 Å². The van der Waals surface area contributed by atoms with Gasteiger partial charge in [0, 0.05) is 11.1 Å². The van der Waals surface area contributed by atoms with E-state index in [1.54, 1.807) is 0 Å². The highest BCUT2D eigenvalue weighted by Crippen LogP contribution is 2.39. The minimum absolute atomic E-state index is 0.0457. The largest absolute Gasteiger partial charge is 0.573 e. The van der Waals surface area contributed by atoms with Crippen molar-refractivity contribution in [2.45, 2.75) is 12.8 Å². The van der Waals surface area contributed by atoms with Gasteiger partial charge in [0.1, 0.15) is 11.5 Å². The Morgan fingerprint density at radius 2 is 1.64 bits per heavy atom. The summed E-state index contributed by atoms with van der Waals surface area (Å²) in [6.07, 6.45) is -7.78. The molecule has 2 rings (SSSR count). The Kier molecular flexibility index (Phi) is 4.54. The maximum absolute atomic E-state index is 13.2. The summed E-state index contributed by atoms with van der Waals surface area (Å²) >= 11 is 0. The van der Waals surface area contributed by atoms with Crippen LogP contribution in [0.15, 0.2) is 42.5 Å². The Morgan fingerprint density at radius 1 is 0.955 bits per heavy atom. The van der Waals surface area contributed by atoms with Crippen LogP contribution in [0.1, 0.15) is 12.0 Å². The van der Waals surface area contributed by atoms with Crippen molar-refractivity contribution >= 4 is 0 Å². The van der Waals surface area contributed by atoms with E-state index in [2.05, 4.69) is 4.74 Å². The van der Waals surface area contributed by atoms with E-state index in [-0.39, 0.29) is 16.9 Å². The van der Waals surface area contributed by atoms with Crippen molar-refractivity contribution in [3.05, 3.63) is 48.0 Å². The highest BCUT2D eigenvalue weighted by Gasteiger charge is 2.32. The molecule has 0 radical (unpaired) electrons. The Bertz CT molecular complexity index is 653. The molecule has 2 nitrogen and oxygen atoms in total. The molecule has 0 saturated heterocycles. The summed E-state index contributed by atoms with van der Waals surface area (Å²) in [5, 5.41) is 0. The molecule has 0 aliphatic carbocycles. The number of methoxy groups -OCH3 is 1. The highest BCUT2D eigenvalue weighted by molar-refractivity contribution is 5.74. The normalized spacial score (nSPS) is 11.6. The van der Waals surface area contributed by atoms with Crippen LogP contribution in [0, 0.1) is 0 Å². The summed E-state index contributed by atoms with van der Waals surface area (Å²) in [5.74, 6) is -0.352. The number of para-hydroxylation sites is 1. The van der Waals surface area contributed by atoms with Crippen LogP contribution >= 0.6 is 0 Å². The molecule has 2 aromatic rings. The molecule has 2 aromatic carbocycles. The monoisotopic (exact) mass is 318 g/mol. The molecule has 0 aromatic heterocycles. The molecular weight excluding hydrogens is 307 g/mol. The first-order valence-corrected chi connectivity index (χ1v) is 6.13. The maximum atomic E-state index is 13.2. The molecule has 0 heterocycles. The smallest absolute Gasteiger partial charge is 0.497 e. The second-order valence-electron chi connectivity index (χ2n) is 4.30. The molecule has 0 aliphatic heterocycles. The molecule has 0 amide bonds. The molecule has 0 unspecified atom stereocenters. The summed E-state index contributed by atoms with van der Waals surface area (Å²) in [6, 6.07) is 8.89. The topological polar surface area (TPSA) is 18.5 Å². The minimum atomic E-state index is -4.91. The molecule has 0 atom stereocenters. The fourth-order valence-electron chi connectivity index (χ4n) is 2.00. The minimum Gasteiger partial charge on any atom is -0.497 e. The lowest BCUT2D eigenvalue weighted by atomic mass is 9.98. The van der Waals surface area contributed by atoms with Crippen LogP contribution in [0.5, 0.6) is 11.5 Å². The first-order chi connectivity index (χ1) is 10.3. The van der Waals surface area contributed by atoms with Crippen molar-refractivity contribution in [1.82, 2.24) is 0 Å². The second-order valence-corrected chi connectivity index (χ2v) is 4.30. The number of benzene rings is 2. The van der Waals surface area contributed by atoms with Gasteiger partial charge in [-0.05, 0) is 23.8 Å². The predicted octanol–water partition coefficient (Wildman–Crippen LogP) is 5.20. The van der Waals surface area contributed by atoms with Crippen molar-refractivity contribution < 1.29 is 31.4 Å². The van der Waals surface area contributed by atoms with Gasteiger partial charge in [0.2, 0.25) is 0 Å². The third kappa shape index (κ3) is 3.66. The Labute approximate surface area is 123 Å². The first kappa shape index (κ1) is 16.1. The molecule has 0 fully saturated rings. The van der Waals surface area contributed by atoms with E-state index in [0.717, 1.165) is 12.1 Å². The molecular formula is C15H11F5O2. The van der Waals surface area contributed by atoms with E-state index >= 15 is 0 Å². The quantitative estimate of drug-likeness (QED) is 0.722. The van der Waals surface area contributed by atoms with Crippen LogP contribution in [0.25, 0.3) is 11.1 Å². The van der Waals surface area contributed by atoms with E-state index < -0.39 is 24.1 Å². The number of hydrogen-bond acceptors (Lipinski definition) is 2. The van der Waals surface area contributed by atoms with Crippen molar-refractivity contribution in [2.75, 3.05) is 7.11 Å². The molecule has 0 bridgehead atoms. The number of halogens is 5. The Balaban J connectivity index is 2.57. The van der Waals surface area contributed by atoms with Crippen LogP contribution < -0.4 is 9.47 Å². The SMILES string of the molecule is COc1ccc(-c2ccccc2OC(F)(F)F)c(C(F)F)c1. The fraction of sp³-hybridized carbons (Fsp3) is 0.200. The second kappa shape index (κ2) is 6.21. The predicted molar refractivity (Wildman–Crippen MR) is 70.1 cm³/mol. The van der Waals surface area contributed by atoms with Gasteiger partial charge in [0.05, 0.1) is 7.11 Å². The zero-order chi connectivity index (χ0) is 16.3. The molecule has 0 N–H and O–H groups in total. The molecule has 0 aliphatic rings. The standard InChI is InChI=1S/C15H11F5O2/c1-21-9-6-7-10(12(8-9)14(16)17)11-4-2-3-5-13(11)22-15(18,19)20/h2-8,14H,1H3. The van der Waals surface area contributed by atoms with Gasteiger partial charge < -0.3 is 9.47 Å². The Morgan fingerprint density at radius 3 is 2.23 bits per heavy atom. The van der Waals surface area contributed by atoms with Crippen molar-refractivity contribution in [1.29, 1.82) is 0 Å². The van der Waals surface area contributed by atoms with Gasteiger partial charge in [-0.2, -0.15) is 0 Å². The van der Waals surface area contributed by atoms with E-state index in [9.17, 15) is 22.0 Å². The van der Waals surface area contributed by atoms with Gasteiger partial charge in [-0.25, -0.2) is 8.78 Å². The van der Waals surface area contributed by atoms with Crippen molar-refractivity contribution in [2.24, 2.45) is 0 Å². The van der Waals surface area contributed by atoms with Crippen LogP contribution in [0.2, 0.25) is 0 Å². The highest BCUT2D eigenvalue weighted by atomic mass is 19.4. The molecule has 7 heteroatoms. The molecule has 0 saturated carbocycles. The van der Waals surface area contributed by atoms with Crippen LogP contribution in [0.3, 0.4) is 0 Å². The lowest BCUT2D eigenvalue weighted by Gasteiger charge is -2.16. The zero-order valence-corrected chi connectivity index (χ0v) is 11.3. The zero-order valence-electron chi connectivity index (χ0n) is 11.3. The molecule has 0 spiro atoms. The molecule has 118 valence electrons. The van der Waals surface area contributed by atoms with Gasteiger partial charge in [-0.15, -0.1) is 13.2 Å². The summed E-state index contributed by atoms with van der Waals surface area (Å²) in [7, 11) is 1.31. The summed E-state index contributed by atoms with van der Waals surface area (Å²) in [6.45, 7) is 0. The third-order valence-electron chi connectivity index (χ3n) is 2.90. The van der Waals surface area contributed by atoms with E-state index in [1.807, 2.05) is 0 Å². The number of ether oxygens (including phenoxy) is 2. The van der Waals surface area contributed by atoms with Gasteiger partial charge >= 0.3 is 6.36 Å². The number of rotatable bonds is 4. The lowest BCUT2D eigenvalue weighted by molar-refractivity contribution is -0.274. The summed E-state index contributed by atoms with van der Waals surface area (Å²) in [4.78, 5) is 0.